The summed E-state index contributed by atoms with van der Waals surface area (Å²) in [6.07, 6.45) is 1.72. The van der Waals surface area contributed by atoms with Crippen molar-refractivity contribution in [1.29, 1.82) is 0 Å². The molecule has 4 aromatic rings. The molecule has 0 N–H and O–H groups in total. The van der Waals surface area contributed by atoms with E-state index in [9.17, 15) is 0 Å². The number of hydrogen-bond acceptors (Lipinski definition) is 1. The maximum Gasteiger partial charge on any atom is 0.134 e. The highest BCUT2D eigenvalue weighted by atomic mass is 16.3. The van der Waals surface area contributed by atoms with Gasteiger partial charge in [0.1, 0.15) is 5.58 Å². The maximum atomic E-state index is 5.52. The second-order valence-electron chi connectivity index (χ2n) is 4.28. The molecule has 0 aliphatic carbocycles. The lowest BCUT2D eigenvalue weighted by atomic mass is 10.1. The molecule has 1 aromatic heterocycles. The highest BCUT2D eigenvalue weighted by Gasteiger charge is 2.06. The van der Waals surface area contributed by atoms with Crippen LogP contribution in [0.5, 0.6) is 0 Å². The van der Waals surface area contributed by atoms with E-state index in [2.05, 4.69) is 42.5 Å². The molecule has 0 aliphatic heterocycles. The summed E-state index contributed by atoms with van der Waals surface area (Å²) >= 11 is 0. The Bertz CT molecular complexity index is 840. The van der Waals surface area contributed by atoms with Gasteiger partial charge in [0.2, 0.25) is 0 Å². The van der Waals surface area contributed by atoms with Gasteiger partial charge in [0, 0.05) is 5.39 Å². The van der Waals surface area contributed by atoms with Crippen LogP contribution in [-0.4, -0.2) is 0 Å². The predicted molar refractivity (Wildman–Crippen MR) is 71.2 cm³/mol. The van der Waals surface area contributed by atoms with E-state index in [1.165, 1.54) is 26.9 Å². The minimum absolute atomic E-state index is 0.940. The standard InChI is InChI=1S/C16H10O/c1-2-5-12-11(4-1)10-15-13(12)7-8-16-14(15)6-3-9-17-16/h1-10H. The maximum absolute atomic E-state index is 5.52. The van der Waals surface area contributed by atoms with Crippen molar-refractivity contribution in [3.05, 3.63) is 60.9 Å². The van der Waals surface area contributed by atoms with Gasteiger partial charge in [0.25, 0.3) is 0 Å². The lowest BCUT2D eigenvalue weighted by Gasteiger charge is -1.98. The first-order valence-electron chi connectivity index (χ1n) is 5.71. The van der Waals surface area contributed by atoms with Gasteiger partial charge in [-0.2, -0.15) is 0 Å². The van der Waals surface area contributed by atoms with E-state index in [1.807, 2.05) is 12.1 Å². The molecule has 80 valence electrons. The van der Waals surface area contributed by atoms with Gasteiger partial charge in [-0.3, -0.25) is 0 Å². The van der Waals surface area contributed by atoms with Gasteiger partial charge >= 0.3 is 0 Å². The molecule has 0 fully saturated rings. The third-order valence-electron chi connectivity index (χ3n) is 3.33. The van der Waals surface area contributed by atoms with Crippen molar-refractivity contribution in [1.82, 2.24) is 0 Å². The van der Waals surface area contributed by atoms with E-state index in [0.717, 1.165) is 5.58 Å². The van der Waals surface area contributed by atoms with Gasteiger partial charge in [-0.1, -0.05) is 30.3 Å². The molecule has 4 rings (SSSR count). The molecule has 17 heavy (non-hydrogen) atoms. The van der Waals surface area contributed by atoms with Crippen molar-refractivity contribution >= 4 is 32.5 Å². The molecule has 1 heteroatoms. The molecule has 0 radical (unpaired) electrons. The van der Waals surface area contributed by atoms with E-state index in [0.29, 0.717) is 0 Å². The normalized spacial score (nSPS) is 11.5. The van der Waals surface area contributed by atoms with Gasteiger partial charge < -0.3 is 4.42 Å². The van der Waals surface area contributed by atoms with E-state index in [1.54, 1.807) is 6.26 Å². The van der Waals surface area contributed by atoms with Crippen molar-refractivity contribution in [3.8, 4) is 0 Å². The molecule has 0 bridgehead atoms. The minimum atomic E-state index is 0.940. The van der Waals surface area contributed by atoms with E-state index >= 15 is 0 Å². The fourth-order valence-corrected chi connectivity index (χ4v) is 2.55. The van der Waals surface area contributed by atoms with Crippen LogP contribution in [-0.2, 0) is 0 Å². The highest BCUT2D eigenvalue weighted by molar-refractivity contribution is 6.19. The van der Waals surface area contributed by atoms with Crippen LogP contribution in [0.2, 0.25) is 0 Å². The fraction of sp³-hybridized carbons (Fsp3) is 0. The third-order valence-corrected chi connectivity index (χ3v) is 3.33. The van der Waals surface area contributed by atoms with E-state index in [-0.39, 0.29) is 0 Å². The number of rotatable bonds is 0. The molecule has 0 aliphatic rings. The zero-order valence-corrected chi connectivity index (χ0v) is 9.18. The fourth-order valence-electron chi connectivity index (χ4n) is 2.55. The molecule has 0 unspecified atom stereocenters. The van der Waals surface area contributed by atoms with Crippen LogP contribution in [0.4, 0.5) is 0 Å². The molecule has 0 amide bonds. The Hall–Kier alpha value is -2.28. The predicted octanol–water partition coefficient (Wildman–Crippen LogP) is 4.74. The van der Waals surface area contributed by atoms with E-state index in [4.69, 9.17) is 4.42 Å². The molecule has 1 nitrogen and oxygen atoms in total. The van der Waals surface area contributed by atoms with Crippen molar-refractivity contribution in [2.24, 2.45) is 0 Å². The first kappa shape index (κ1) is 8.82. The topological polar surface area (TPSA) is 13.1 Å². The molecular formula is C16H10O. The van der Waals surface area contributed by atoms with Crippen LogP contribution in [0.3, 0.4) is 0 Å². The third kappa shape index (κ3) is 1.14. The Morgan fingerprint density at radius 1 is 0.647 bits per heavy atom. The number of hydrogen-bond donors (Lipinski definition) is 0. The first-order chi connectivity index (χ1) is 8.43. The molecular weight excluding hydrogens is 208 g/mol. The molecule has 0 saturated heterocycles. The second kappa shape index (κ2) is 3.11. The lowest BCUT2D eigenvalue weighted by molar-refractivity contribution is 0.604. The first-order valence-corrected chi connectivity index (χ1v) is 5.71. The summed E-state index contributed by atoms with van der Waals surface area (Å²) in [5, 5.41) is 6.36. The Balaban J connectivity index is 2.34. The highest BCUT2D eigenvalue weighted by Crippen LogP contribution is 2.33. The largest absolute Gasteiger partial charge is 0.464 e. The van der Waals surface area contributed by atoms with Crippen LogP contribution >= 0.6 is 0 Å². The SMILES string of the molecule is c1ccc2c(c1)cc1c3cccoc3ccc21. The summed E-state index contributed by atoms with van der Waals surface area (Å²) in [6.45, 7) is 0. The second-order valence-corrected chi connectivity index (χ2v) is 4.28. The van der Waals surface area contributed by atoms with Gasteiger partial charge in [-0.05, 0) is 45.8 Å². The average molecular weight is 218 g/mol. The van der Waals surface area contributed by atoms with Crippen molar-refractivity contribution in [2.75, 3.05) is 0 Å². The summed E-state index contributed by atoms with van der Waals surface area (Å²) < 4.78 is 5.52. The molecule has 0 atom stereocenters. The van der Waals surface area contributed by atoms with Gasteiger partial charge in [-0.15, -0.1) is 0 Å². The van der Waals surface area contributed by atoms with Gasteiger partial charge in [0.15, 0.2) is 0 Å². The number of fused-ring (bicyclic) bond motifs is 5. The Morgan fingerprint density at radius 3 is 2.53 bits per heavy atom. The lowest BCUT2D eigenvalue weighted by Crippen LogP contribution is -1.72. The van der Waals surface area contributed by atoms with Crippen LogP contribution in [0.15, 0.2) is 65.3 Å². The van der Waals surface area contributed by atoms with E-state index < -0.39 is 0 Å². The Morgan fingerprint density at radius 2 is 1.53 bits per heavy atom. The minimum Gasteiger partial charge on any atom is -0.464 e. The van der Waals surface area contributed by atoms with Crippen molar-refractivity contribution in [3.63, 3.8) is 0 Å². The molecule has 3 aromatic carbocycles. The average Bonchev–Trinajstić information content (AvgIpc) is 2.78. The van der Waals surface area contributed by atoms with Crippen molar-refractivity contribution < 1.29 is 4.42 Å². The quantitative estimate of drug-likeness (QED) is 0.415. The monoisotopic (exact) mass is 218 g/mol. The smallest absolute Gasteiger partial charge is 0.134 e. The molecule has 1 heterocycles. The Labute approximate surface area is 98.3 Å². The van der Waals surface area contributed by atoms with Crippen LogP contribution in [0, 0.1) is 0 Å². The van der Waals surface area contributed by atoms with Crippen LogP contribution < -0.4 is 0 Å². The van der Waals surface area contributed by atoms with Gasteiger partial charge in [0.05, 0.1) is 6.26 Å². The summed E-state index contributed by atoms with van der Waals surface area (Å²) in [7, 11) is 0. The van der Waals surface area contributed by atoms with Crippen LogP contribution in [0.1, 0.15) is 0 Å². The summed E-state index contributed by atoms with van der Waals surface area (Å²) in [6, 6.07) is 19.0. The Kier molecular flexibility index (Phi) is 1.61. The molecule has 0 saturated carbocycles. The summed E-state index contributed by atoms with van der Waals surface area (Å²) in [5.74, 6) is 0. The van der Waals surface area contributed by atoms with Crippen LogP contribution in [0.25, 0.3) is 32.5 Å². The summed E-state index contributed by atoms with van der Waals surface area (Å²) in [4.78, 5) is 0. The summed E-state index contributed by atoms with van der Waals surface area (Å²) in [5.41, 5.74) is 0.940. The zero-order chi connectivity index (χ0) is 11.2. The number of benzene rings is 2. The van der Waals surface area contributed by atoms with Gasteiger partial charge in [-0.25, -0.2) is 0 Å². The van der Waals surface area contributed by atoms with Crippen molar-refractivity contribution in [2.45, 2.75) is 0 Å². The zero-order valence-electron chi connectivity index (χ0n) is 9.18. The molecule has 0 spiro atoms.